The molecule has 0 unspecified atom stereocenters. The third-order valence-corrected chi connectivity index (χ3v) is 15.9. The average molecular weight is 964 g/mol. The number of piperidine rings is 2. The zero-order chi connectivity index (χ0) is 47.6. The van der Waals surface area contributed by atoms with Crippen molar-refractivity contribution in [1.82, 2.24) is 36.2 Å². The van der Waals surface area contributed by atoms with Crippen LogP contribution in [0.5, 0.6) is 0 Å². The number of aromatic nitrogens is 3. The molecule has 2 amide bonds. The Morgan fingerprint density at radius 1 is 0.588 bits per heavy atom. The number of nitrogens with zero attached hydrogens (tertiary/aromatic N) is 3. The lowest BCUT2D eigenvalue weighted by molar-refractivity contribution is -0.139. The van der Waals surface area contributed by atoms with E-state index in [9.17, 15) is 29.4 Å². The zero-order valence-electron chi connectivity index (χ0n) is 39.3. The molecule has 0 bridgehead atoms. The maximum absolute atomic E-state index is 13.2. The van der Waals surface area contributed by atoms with E-state index in [-0.39, 0.29) is 36.7 Å². The Kier molecular flexibility index (Phi) is 19.3. The van der Waals surface area contributed by atoms with Crippen molar-refractivity contribution in [3.63, 3.8) is 0 Å². The number of hydrogen-bond acceptors (Lipinski definition) is 11. The molecule has 4 aromatic rings. The summed E-state index contributed by atoms with van der Waals surface area (Å²) in [7, 11) is 0. The lowest BCUT2D eigenvalue weighted by atomic mass is 9.74. The van der Waals surface area contributed by atoms with E-state index < -0.39 is 22.8 Å². The summed E-state index contributed by atoms with van der Waals surface area (Å²) in [4.78, 5) is 64.0. The fourth-order valence-corrected chi connectivity index (χ4v) is 12.2. The number of rotatable bonds is 18. The molecule has 364 valence electrons. The van der Waals surface area contributed by atoms with Crippen LogP contribution in [-0.4, -0.2) is 98.7 Å². The van der Waals surface area contributed by atoms with E-state index >= 15 is 0 Å². The van der Waals surface area contributed by atoms with Crippen LogP contribution in [0, 0.1) is 0 Å². The van der Waals surface area contributed by atoms with Gasteiger partial charge in [-0.3, -0.25) is 24.2 Å². The minimum atomic E-state index is -0.824. The van der Waals surface area contributed by atoms with Gasteiger partial charge in [0.25, 0.3) is 11.8 Å². The van der Waals surface area contributed by atoms with Gasteiger partial charge in [0.15, 0.2) is 0 Å². The van der Waals surface area contributed by atoms with Gasteiger partial charge in [0, 0.05) is 71.3 Å². The molecule has 2 saturated carbocycles. The maximum atomic E-state index is 13.2. The van der Waals surface area contributed by atoms with Gasteiger partial charge in [-0.1, -0.05) is 74.9 Å². The molecule has 2 aliphatic carbocycles. The number of benzene rings is 1. The number of carboxylic acid groups (broad SMARTS) is 2. The van der Waals surface area contributed by atoms with Gasteiger partial charge in [-0.2, -0.15) is 0 Å². The standard InChI is InChI=1S/C27H35N3O3S.C26H34N4O3S/c31-24(32)18-27(15-7-16-28-19-27)23-13-12-22(25(33)29-21-10-5-2-6-11-21)26(30-23)34-17-14-20-8-3-1-4-9-20;31-23(32)16-26(12-5-14-28-18-26)22-10-9-21(24(33)29-20-7-2-1-3-8-20)25(30-22)34-15-11-19-6-4-13-27-17-19/h1,3-4,8-9,12-13,21,28H,2,5-7,10-11,14-19H2,(H,29,33)(H,31,32);4,6,9-10,13,17,20,28H,1-3,5,7-8,11-12,14-16,18H2,(H,29,33)(H,31,32)/t27-;26-/m00/s1. The predicted octanol–water partition coefficient (Wildman–Crippen LogP) is 8.54. The van der Waals surface area contributed by atoms with Crippen molar-refractivity contribution in [1.29, 1.82) is 0 Å². The summed E-state index contributed by atoms with van der Waals surface area (Å²) < 4.78 is 0. The highest BCUT2D eigenvalue weighted by Crippen LogP contribution is 2.38. The summed E-state index contributed by atoms with van der Waals surface area (Å²) in [5, 5.41) is 33.8. The smallest absolute Gasteiger partial charge is 0.304 e. The SMILES string of the molecule is O=C(O)C[C@@]1(c2ccc(C(=O)NC3CCCCC3)c(SCCc3ccccc3)n2)CCCNC1.O=C(O)C[C@@]1(c2ccc(C(=O)NC3CCCCC3)c(SCCc3cccnc3)n2)CCCNC1. The van der Waals surface area contributed by atoms with Crippen LogP contribution >= 0.6 is 23.5 Å². The molecule has 15 heteroatoms. The largest absolute Gasteiger partial charge is 0.481 e. The molecule has 3 aromatic heterocycles. The van der Waals surface area contributed by atoms with Crippen LogP contribution in [0.25, 0.3) is 0 Å². The van der Waals surface area contributed by atoms with Gasteiger partial charge >= 0.3 is 11.9 Å². The molecular weight excluding hydrogens is 895 g/mol. The number of thioether (sulfide) groups is 2. The first kappa shape index (κ1) is 51.0. The van der Waals surface area contributed by atoms with Crippen molar-refractivity contribution in [3.05, 3.63) is 113 Å². The molecule has 0 radical (unpaired) electrons. The van der Waals surface area contributed by atoms with Crippen molar-refractivity contribution in [3.8, 4) is 0 Å². The summed E-state index contributed by atoms with van der Waals surface area (Å²) in [6.45, 7) is 2.95. The first-order valence-electron chi connectivity index (χ1n) is 24.8. The van der Waals surface area contributed by atoms with E-state index in [2.05, 4.69) is 38.4 Å². The van der Waals surface area contributed by atoms with Crippen molar-refractivity contribution in [2.24, 2.45) is 0 Å². The normalized spacial score (nSPS) is 21.2. The average Bonchev–Trinajstić information content (AvgIpc) is 3.35. The van der Waals surface area contributed by atoms with Crippen molar-refractivity contribution < 1.29 is 29.4 Å². The predicted molar refractivity (Wildman–Crippen MR) is 269 cm³/mol. The minimum absolute atomic E-state index is 0.0282. The van der Waals surface area contributed by atoms with Crippen molar-refractivity contribution in [2.45, 2.75) is 149 Å². The van der Waals surface area contributed by atoms with Crippen LogP contribution in [0.3, 0.4) is 0 Å². The summed E-state index contributed by atoms with van der Waals surface area (Å²) >= 11 is 3.15. The first-order chi connectivity index (χ1) is 33.1. The summed E-state index contributed by atoms with van der Waals surface area (Å²) in [6, 6.07) is 22.2. The van der Waals surface area contributed by atoms with Crippen LogP contribution < -0.4 is 21.3 Å². The molecule has 68 heavy (non-hydrogen) atoms. The molecule has 13 nitrogen and oxygen atoms in total. The number of carbonyl (C=O) groups is 4. The number of hydrogen-bond donors (Lipinski definition) is 6. The monoisotopic (exact) mass is 963 g/mol. The molecule has 8 rings (SSSR count). The zero-order valence-corrected chi connectivity index (χ0v) is 40.9. The van der Waals surface area contributed by atoms with Gasteiger partial charge in [-0.15, -0.1) is 23.5 Å². The van der Waals surface area contributed by atoms with E-state index in [1.165, 1.54) is 18.4 Å². The maximum Gasteiger partial charge on any atom is 0.304 e. The molecule has 2 atom stereocenters. The highest BCUT2D eigenvalue weighted by Gasteiger charge is 2.40. The van der Waals surface area contributed by atoms with Gasteiger partial charge in [-0.25, -0.2) is 9.97 Å². The topological polar surface area (TPSA) is 196 Å². The number of aliphatic carboxylic acids is 2. The number of pyridine rings is 3. The highest BCUT2D eigenvalue weighted by molar-refractivity contribution is 7.99. The minimum Gasteiger partial charge on any atom is -0.481 e. The van der Waals surface area contributed by atoms with Gasteiger partial charge in [0.1, 0.15) is 10.1 Å². The lowest BCUT2D eigenvalue weighted by Gasteiger charge is -2.36. The second-order valence-electron chi connectivity index (χ2n) is 19.0. The number of carbonyl (C=O) groups excluding carboxylic acids is 2. The Morgan fingerprint density at radius 3 is 1.49 bits per heavy atom. The molecular formula is C53H69N7O6S2. The van der Waals surface area contributed by atoms with Crippen LogP contribution in [0.4, 0.5) is 0 Å². The fourth-order valence-electron chi connectivity index (χ4n) is 10.2. The Labute approximate surface area is 410 Å². The molecule has 2 saturated heterocycles. The van der Waals surface area contributed by atoms with Gasteiger partial charge in [0.05, 0.1) is 24.0 Å². The molecule has 4 aliphatic rings. The van der Waals surface area contributed by atoms with E-state index in [1.807, 2.05) is 60.8 Å². The van der Waals surface area contributed by atoms with Crippen molar-refractivity contribution in [2.75, 3.05) is 37.7 Å². The fraction of sp³-hybridized carbons (Fsp3) is 0.528. The Hall–Kier alpha value is -4.83. The van der Waals surface area contributed by atoms with E-state index in [0.717, 1.165) is 131 Å². The summed E-state index contributed by atoms with van der Waals surface area (Å²) in [6.07, 6.45) is 19.9. The van der Waals surface area contributed by atoms with Gasteiger partial charge < -0.3 is 31.5 Å². The Morgan fingerprint density at radius 2 is 1.06 bits per heavy atom. The van der Waals surface area contributed by atoms with E-state index in [4.69, 9.17) is 9.97 Å². The highest BCUT2D eigenvalue weighted by atomic mass is 32.2. The van der Waals surface area contributed by atoms with Gasteiger partial charge in [-0.05, 0) is 119 Å². The second-order valence-corrected chi connectivity index (χ2v) is 21.2. The summed E-state index contributed by atoms with van der Waals surface area (Å²) in [5.74, 6) is -0.228. The molecule has 4 fully saturated rings. The second kappa shape index (κ2) is 25.7. The lowest BCUT2D eigenvalue weighted by Crippen LogP contribution is -2.45. The van der Waals surface area contributed by atoms with Crippen LogP contribution in [0.1, 0.15) is 146 Å². The summed E-state index contributed by atoms with van der Waals surface area (Å²) in [5.41, 5.74) is 4.01. The van der Waals surface area contributed by atoms with E-state index in [0.29, 0.717) is 34.3 Å². The Bertz CT molecular complexity index is 2100. The Balaban J connectivity index is 0.000000201. The number of amides is 2. The third-order valence-electron chi connectivity index (χ3n) is 13.9. The molecule has 1 aromatic carbocycles. The third kappa shape index (κ3) is 14.6. The number of carboxylic acids is 2. The first-order valence-corrected chi connectivity index (χ1v) is 26.8. The number of aryl methyl sites for hydroxylation is 2. The van der Waals surface area contributed by atoms with Gasteiger partial charge in [0.2, 0.25) is 0 Å². The van der Waals surface area contributed by atoms with Crippen LogP contribution in [0.15, 0.2) is 89.2 Å². The quantitative estimate of drug-likeness (QED) is 0.0520. The van der Waals surface area contributed by atoms with E-state index in [1.54, 1.807) is 29.7 Å². The van der Waals surface area contributed by atoms with Crippen LogP contribution in [-0.2, 0) is 33.3 Å². The number of nitrogens with one attached hydrogen (secondary N) is 4. The molecule has 2 aliphatic heterocycles. The molecule has 5 heterocycles. The van der Waals surface area contributed by atoms with Crippen LogP contribution in [0.2, 0.25) is 0 Å². The van der Waals surface area contributed by atoms with Crippen molar-refractivity contribution >= 4 is 47.3 Å². The molecule has 6 N–H and O–H groups in total. The molecule has 0 spiro atoms.